The lowest BCUT2D eigenvalue weighted by atomic mass is 9.84. The van der Waals surface area contributed by atoms with Gasteiger partial charge in [0.05, 0.1) is 31.4 Å². The van der Waals surface area contributed by atoms with Gasteiger partial charge in [0, 0.05) is 57.5 Å². The summed E-state index contributed by atoms with van der Waals surface area (Å²) in [5, 5.41) is 91.2. The molecule has 0 bridgehead atoms. The first-order valence-electron chi connectivity index (χ1n) is 36.3. The Hall–Kier alpha value is -2.83. The Kier molecular flexibility index (Phi) is 43.4. The van der Waals surface area contributed by atoms with E-state index in [4.69, 9.17) is 51.4 Å². The van der Waals surface area contributed by atoms with Crippen molar-refractivity contribution in [3.8, 4) is 0 Å². The fourth-order valence-electron chi connectivity index (χ4n) is 12.7. The van der Waals surface area contributed by atoms with E-state index in [0.29, 0.717) is 25.8 Å². The zero-order valence-electron chi connectivity index (χ0n) is 56.8. The number of allylic oxidation sites excluding steroid dienone is 4. The molecule has 19 atom stereocenters. The predicted molar refractivity (Wildman–Crippen MR) is 357 cm³/mol. The molecule has 0 aromatic rings. The van der Waals surface area contributed by atoms with Crippen molar-refractivity contribution in [3.05, 3.63) is 24.3 Å². The van der Waals surface area contributed by atoms with E-state index in [1.807, 2.05) is 4.90 Å². The molecule has 3 saturated heterocycles. The zero-order chi connectivity index (χ0) is 67.8. The van der Waals surface area contributed by atoms with Crippen LogP contribution in [0.4, 0.5) is 0 Å². The Morgan fingerprint density at radius 1 is 0.430 bits per heavy atom. The van der Waals surface area contributed by atoms with Crippen molar-refractivity contribution < 1.29 is 83.7 Å². The van der Waals surface area contributed by atoms with Crippen LogP contribution in [0.5, 0.6) is 0 Å². The average molecular weight is 1330 g/mol. The number of unbranched alkanes of at least 4 members (excludes halogenated alkanes) is 26. The van der Waals surface area contributed by atoms with Gasteiger partial charge in [0.15, 0.2) is 18.9 Å². The maximum absolute atomic E-state index is 13.6. The lowest BCUT2D eigenvalue weighted by Crippen LogP contribution is -2.68. The molecule has 24 nitrogen and oxygen atoms in total. The number of carbonyl (C=O) groups is 3. The van der Waals surface area contributed by atoms with Gasteiger partial charge in [-0.25, -0.2) is 0 Å². The third kappa shape index (κ3) is 30.9. The Morgan fingerprint density at radius 2 is 0.849 bits per heavy atom. The number of rotatable bonds is 51. The number of aliphatic hydroxyl groups excluding tert-OH is 8. The fourth-order valence-corrected chi connectivity index (χ4v) is 12.7. The summed E-state index contributed by atoms with van der Waals surface area (Å²) in [6.07, 6.45) is 24.0. The van der Waals surface area contributed by atoms with Gasteiger partial charge in [-0.15, -0.1) is 0 Å². The normalized spacial score (nSPS) is 30.8. The van der Waals surface area contributed by atoms with Crippen molar-refractivity contribution in [2.45, 2.75) is 355 Å². The molecule has 18 N–H and O–H groups in total. The number of nitrogens with zero attached hydrogens (tertiary/aromatic N) is 1. The van der Waals surface area contributed by atoms with Crippen LogP contribution in [0, 0.1) is 0 Å². The van der Waals surface area contributed by atoms with E-state index >= 15 is 0 Å². The highest BCUT2D eigenvalue weighted by molar-refractivity contribution is 5.83. The van der Waals surface area contributed by atoms with Crippen LogP contribution in [0.2, 0.25) is 0 Å². The number of nitrogens with two attached hydrogens (primary N) is 4. The number of hydrogen-bond acceptors (Lipinski definition) is 21. The maximum atomic E-state index is 13.6. The molecule has 4 rings (SSSR count). The van der Waals surface area contributed by atoms with Gasteiger partial charge < -0.3 is 108 Å². The second kappa shape index (κ2) is 48.8. The van der Waals surface area contributed by atoms with Crippen LogP contribution in [0.1, 0.15) is 239 Å². The maximum Gasteiger partial charge on any atom is 0.223 e. The molecule has 0 aromatic carbocycles. The van der Waals surface area contributed by atoms with Gasteiger partial charge in [-0.3, -0.25) is 14.4 Å². The highest BCUT2D eigenvalue weighted by Crippen LogP contribution is 2.35. The van der Waals surface area contributed by atoms with Gasteiger partial charge in [0.25, 0.3) is 0 Å². The van der Waals surface area contributed by atoms with Crippen LogP contribution in [-0.4, -0.2) is 219 Å². The summed E-state index contributed by atoms with van der Waals surface area (Å²) in [4.78, 5) is 41.5. The van der Waals surface area contributed by atoms with Crippen molar-refractivity contribution in [1.29, 1.82) is 0 Å². The van der Waals surface area contributed by atoms with Crippen LogP contribution in [-0.2, 0) is 42.8 Å². The lowest BCUT2D eigenvalue weighted by Gasteiger charge is -2.47. The Morgan fingerprint density at radius 3 is 1.35 bits per heavy atom. The quantitative estimate of drug-likeness (QED) is 0.0291. The summed E-state index contributed by atoms with van der Waals surface area (Å²) >= 11 is 0. The van der Waals surface area contributed by atoms with Gasteiger partial charge in [0.1, 0.15) is 67.1 Å². The zero-order valence-corrected chi connectivity index (χ0v) is 56.8. The van der Waals surface area contributed by atoms with Crippen molar-refractivity contribution in [3.63, 3.8) is 0 Å². The third-order valence-corrected chi connectivity index (χ3v) is 18.8. The molecule has 0 radical (unpaired) electrons. The highest BCUT2D eigenvalue weighted by atomic mass is 16.8. The van der Waals surface area contributed by atoms with Gasteiger partial charge >= 0.3 is 0 Å². The Labute approximate surface area is 556 Å². The monoisotopic (exact) mass is 1330 g/mol. The molecule has 1 aliphatic carbocycles. The molecule has 4 aliphatic rings. The number of amides is 3. The minimum Gasteiger partial charge on any atom is -0.394 e. The molecule has 0 spiro atoms. The van der Waals surface area contributed by atoms with E-state index in [2.05, 4.69) is 48.8 Å². The second-order valence-electron chi connectivity index (χ2n) is 26.7. The number of aliphatic hydroxyl groups is 8. The minimum absolute atomic E-state index is 0.0254. The van der Waals surface area contributed by atoms with Crippen molar-refractivity contribution in [2.24, 2.45) is 22.9 Å². The minimum atomic E-state index is -1.72. The SMILES string of the molecule is CCCCCCCCC=CCCCCCCCCN(CCCCCCCCC=CCCCCCCCC)C(=O)CCC(=O)NCCCCCC(=O)NCC1O[C@H](O[C@@H]2C(O)[C@H](O[C@@H]3C(O)[C@H](N)CC(N)[C@H]3O[C@H]3OC(CO)[C@@H](O)[C@H](O)C3N)O[C@@H]2CO)[C@H](N)C(O)[C@@H]1O. The molecule has 0 aromatic heterocycles. The molecule has 7 unspecified atom stereocenters. The smallest absolute Gasteiger partial charge is 0.223 e. The Balaban J connectivity index is 1.15. The number of ether oxygens (including phenoxy) is 6. The van der Waals surface area contributed by atoms with Crippen molar-refractivity contribution >= 4 is 17.7 Å². The first-order chi connectivity index (χ1) is 45.0. The van der Waals surface area contributed by atoms with E-state index < -0.39 is 129 Å². The second-order valence-corrected chi connectivity index (χ2v) is 26.7. The van der Waals surface area contributed by atoms with E-state index in [9.17, 15) is 55.2 Å². The Bertz CT molecular complexity index is 1980. The predicted octanol–water partition coefficient (Wildman–Crippen LogP) is 4.66. The summed E-state index contributed by atoms with van der Waals surface area (Å²) < 4.78 is 35.6. The van der Waals surface area contributed by atoms with E-state index in [1.54, 1.807) is 0 Å². The molecule has 1 saturated carbocycles. The highest BCUT2D eigenvalue weighted by Gasteiger charge is 2.54. The number of hydrogen-bond donors (Lipinski definition) is 14. The summed E-state index contributed by atoms with van der Waals surface area (Å²) in [6.45, 7) is 4.68. The molecule has 24 heteroatoms. The van der Waals surface area contributed by atoms with Crippen LogP contribution in [0.25, 0.3) is 0 Å². The van der Waals surface area contributed by atoms with Gasteiger partial charge in [0.2, 0.25) is 17.7 Å². The summed E-state index contributed by atoms with van der Waals surface area (Å²) in [5.74, 6) is -0.518. The molecule has 3 amide bonds. The summed E-state index contributed by atoms with van der Waals surface area (Å²) in [6, 6.07) is -4.59. The third-order valence-electron chi connectivity index (χ3n) is 18.8. The number of carbonyl (C=O) groups excluding carboxylic acids is 3. The molecule has 3 heterocycles. The van der Waals surface area contributed by atoms with E-state index in [1.165, 1.54) is 128 Å². The standard InChI is InChI=1S/C69H129N7O17/c1-3-5-7-9-11-13-15-17-19-21-23-25-27-29-31-36-42-76(43-37-32-30-28-26-24-22-20-18-16-14-12-10-8-6-4-2)55(81)40-39-54(80)74-41-35-33-34-38-53(79)75-45-50-59(83)61(85)56(72)67(88-50)92-65-52(47-78)90-69(63(65)87)93-66-58(82)48(70)44-49(71)64(66)91-68-57(73)62(86)60(84)51(46-77)89-68/h17-20,48-52,56-69,77-78,82-87H,3-16,21-47,70-73H2,1-2H3,(H,74,80)(H,75,79)/t48-,49?,50?,51?,52-,56-,57?,58?,59-,60-,61?,62-,63?,64-,65+,66-,67-,68-,69+/m1/s1. The first kappa shape index (κ1) is 82.6. The van der Waals surface area contributed by atoms with Gasteiger partial charge in [-0.1, -0.05) is 160 Å². The average Bonchev–Trinajstić information content (AvgIpc) is 1.79. The largest absolute Gasteiger partial charge is 0.394 e. The van der Waals surface area contributed by atoms with Crippen LogP contribution in [0.15, 0.2) is 24.3 Å². The van der Waals surface area contributed by atoms with Crippen LogP contribution >= 0.6 is 0 Å². The lowest BCUT2D eigenvalue weighted by molar-refractivity contribution is -0.310. The first-order valence-corrected chi connectivity index (χ1v) is 36.3. The van der Waals surface area contributed by atoms with Gasteiger partial charge in [-0.05, 0) is 83.5 Å². The van der Waals surface area contributed by atoms with Crippen LogP contribution in [0.3, 0.4) is 0 Å². The van der Waals surface area contributed by atoms with E-state index in [-0.39, 0.29) is 49.9 Å². The summed E-state index contributed by atoms with van der Waals surface area (Å²) in [5.41, 5.74) is 25.0. The molecular formula is C69H129N7O17. The summed E-state index contributed by atoms with van der Waals surface area (Å²) in [7, 11) is 0. The molecule has 93 heavy (non-hydrogen) atoms. The molecule has 3 aliphatic heterocycles. The van der Waals surface area contributed by atoms with E-state index in [0.717, 1.165) is 64.5 Å². The number of nitrogens with one attached hydrogen (secondary N) is 2. The molecule has 4 fully saturated rings. The van der Waals surface area contributed by atoms with Crippen molar-refractivity contribution in [2.75, 3.05) is 39.4 Å². The molecule has 542 valence electrons. The fraction of sp³-hybridized carbons (Fsp3) is 0.899. The van der Waals surface area contributed by atoms with Gasteiger partial charge in [-0.2, -0.15) is 0 Å². The molecular weight excluding hydrogens is 1200 g/mol. The van der Waals surface area contributed by atoms with Crippen molar-refractivity contribution in [1.82, 2.24) is 15.5 Å². The topological polar surface area (TPSA) is 400 Å². The van der Waals surface area contributed by atoms with Crippen LogP contribution < -0.4 is 33.6 Å².